The summed E-state index contributed by atoms with van der Waals surface area (Å²) in [5.74, 6) is -0.164. The normalized spacial score (nSPS) is 10.4. The Hall–Kier alpha value is -3.34. The van der Waals surface area contributed by atoms with Crippen molar-refractivity contribution in [3.63, 3.8) is 0 Å². The number of carbonyl (C=O) groups excluding carboxylic acids is 2. The van der Waals surface area contributed by atoms with Crippen LogP contribution in [0.1, 0.15) is 32.0 Å². The highest BCUT2D eigenvalue weighted by Crippen LogP contribution is 2.14. The minimum absolute atomic E-state index is 0.0745. The fourth-order valence-corrected chi connectivity index (χ4v) is 2.56. The van der Waals surface area contributed by atoms with Crippen LogP contribution >= 0.6 is 0 Å². The zero-order chi connectivity index (χ0) is 18.5. The Balaban J connectivity index is 1.62. The van der Waals surface area contributed by atoms with Gasteiger partial charge in [0, 0.05) is 24.8 Å². The van der Waals surface area contributed by atoms with Crippen LogP contribution in [0.2, 0.25) is 0 Å². The summed E-state index contributed by atoms with van der Waals surface area (Å²) in [4.78, 5) is 26.2. The third kappa shape index (κ3) is 4.19. The van der Waals surface area contributed by atoms with Crippen LogP contribution in [0, 0.1) is 6.92 Å². The highest BCUT2D eigenvalue weighted by atomic mass is 16.3. The lowest BCUT2D eigenvalue weighted by atomic mass is 10.1. The minimum atomic E-state index is -0.328. The predicted octanol–water partition coefficient (Wildman–Crippen LogP) is 4.11. The summed E-state index contributed by atoms with van der Waals surface area (Å²) in [5.41, 5.74) is 3.43. The number of amides is 2. The molecule has 2 amide bonds. The number of rotatable bonds is 5. The van der Waals surface area contributed by atoms with Crippen LogP contribution < -0.4 is 5.32 Å². The maximum Gasteiger partial charge on any atom is 0.291 e. The van der Waals surface area contributed by atoms with E-state index in [1.54, 1.807) is 48.3 Å². The standard InChI is InChI=1S/C21H20N2O3/c1-15-5-7-16(8-6-15)14-23(2)21(25)17-9-11-18(12-10-17)22-20(24)19-4-3-13-26-19/h3-13H,14H2,1-2H3,(H,22,24). The summed E-state index contributed by atoms with van der Waals surface area (Å²) in [6.45, 7) is 2.57. The fraction of sp³-hybridized carbons (Fsp3) is 0.143. The van der Waals surface area contributed by atoms with Crippen molar-refractivity contribution < 1.29 is 14.0 Å². The van der Waals surface area contributed by atoms with E-state index in [0.717, 1.165) is 5.56 Å². The van der Waals surface area contributed by atoms with E-state index in [0.29, 0.717) is 17.8 Å². The van der Waals surface area contributed by atoms with Crippen molar-refractivity contribution in [2.45, 2.75) is 13.5 Å². The molecule has 0 bridgehead atoms. The van der Waals surface area contributed by atoms with Gasteiger partial charge in [0.2, 0.25) is 0 Å². The van der Waals surface area contributed by atoms with Crippen LogP contribution in [0.5, 0.6) is 0 Å². The van der Waals surface area contributed by atoms with Gasteiger partial charge in [0.05, 0.1) is 6.26 Å². The third-order valence-electron chi connectivity index (χ3n) is 4.02. The van der Waals surface area contributed by atoms with Gasteiger partial charge in [0.15, 0.2) is 5.76 Å². The Bertz CT molecular complexity index is 882. The number of nitrogens with zero attached hydrogens (tertiary/aromatic N) is 1. The fourth-order valence-electron chi connectivity index (χ4n) is 2.56. The molecule has 5 nitrogen and oxygen atoms in total. The van der Waals surface area contributed by atoms with Crippen LogP contribution in [-0.4, -0.2) is 23.8 Å². The van der Waals surface area contributed by atoms with Gasteiger partial charge in [-0.15, -0.1) is 0 Å². The van der Waals surface area contributed by atoms with E-state index in [1.165, 1.54) is 11.8 Å². The molecular formula is C21H20N2O3. The second kappa shape index (κ2) is 7.70. The number of anilines is 1. The first-order valence-electron chi connectivity index (χ1n) is 8.29. The van der Waals surface area contributed by atoms with E-state index in [-0.39, 0.29) is 17.6 Å². The first kappa shape index (κ1) is 17.5. The lowest BCUT2D eigenvalue weighted by Gasteiger charge is -2.17. The lowest BCUT2D eigenvalue weighted by Crippen LogP contribution is -2.26. The van der Waals surface area contributed by atoms with Crippen LogP contribution in [0.4, 0.5) is 5.69 Å². The van der Waals surface area contributed by atoms with Gasteiger partial charge in [0.25, 0.3) is 11.8 Å². The maximum absolute atomic E-state index is 12.6. The average Bonchev–Trinajstić information content (AvgIpc) is 3.18. The van der Waals surface area contributed by atoms with Crippen molar-refractivity contribution >= 4 is 17.5 Å². The summed E-state index contributed by atoms with van der Waals surface area (Å²) < 4.78 is 5.05. The molecule has 3 aromatic rings. The Kier molecular flexibility index (Phi) is 5.17. The Morgan fingerprint density at radius 2 is 1.69 bits per heavy atom. The molecule has 0 fully saturated rings. The van der Waals surface area contributed by atoms with Crippen molar-refractivity contribution in [2.24, 2.45) is 0 Å². The molecule has 3 rings (SSSR count). The quantitative estimate of drug-likeness (QED) is 0.755. The zero-order valence-corrected chi connectivity index (χ0v) is 14.7. The van der Waals surface area contributed by atoms with Crippen molar-refractivity contribution in [3.8, 4) is 0 Å². The van der Waals surface area contributed by atoms with E-state index in [4.69, 9.17) is 4.42 Å². The topological polar surface area (TPSA) is 62.6 Å². The molecule has 0 radical (unpaired) electrons. The summed E-state index contributed by atoms with van der Waals surface area (Å²) >= 11 is 0. The summed E-state index contributed by atoms with van der Waals surface area (Å²) in [6.07, 6.45) is 1.45. The molecule has 5 heteroatoms. The first-order chi connectivity index (χ1) is 12.5. The summed E-state index contributed by atoms with van der Waals surface area (Å²) in [6, 6.07) is 18.2. The number of furan rings is 1. The van der Waals surface area contributed by atoms with Crippen molar-refractivity contribution in [3.05, 3.63) is 89.4 Å². The van der Waals surface area contributed by atoms with E-state index in [9.17, 15) is 9.59 Å². The second-order valence-electron chi connectivity index (χ2n) is 6.16. The van der Waals surface area contributed by atoms with Crippen molar-refractivity contribution in [2.75, 3.05) is 12.4 Å². The number of carbonyl (C=O) groups is 2. The molecule has 0 saturated carbocycles. The monoisotopic (exact) mass is 348 g/mol. The molecule has 0 aliphatic carbocycles. The first-order valence-corrected chi connectivity index (χ1v) is 8.29. The largest absolute Gasteiger partial charge is 0.459 e. The lowest BCUT2D eigenvalue weighted by molar-refractivity contribution is 0.0785. The molecule has 0 atom stereocenters. The van der Waals surface area contributed by atoms with Gasteiger partial charge in [0.1, 0.15) is 0 Å². The molecule has 0 aliphatic rings. The van der Waals surface area contributed by atoms with Gasteiger partial charge in [-0.3, -0.25) is 9.59 Å². The van der Waals surface area contributed by atoms with Crippen LogP contribution in [-0.2, 0) is 6.54 Å². The highest BCUT2D eigenvalue weighted by Gasteiger charge is 2.13. The van der Waals surface area contributed by atoms with E-state index < -0.39 is 0 Å². The van der Waals surface area contributed by atoms with Crippen LogP contribution in [0.3, 0.4) is 0 Å². The van der Waals surface area contributed by atoms with Crippen LogP contribution in [0.15, 0.2) is 71.3 Å². The van der Waals surface area contributed by atoms with Crippen molar-refractivity contribution in [1.82, 2.24) is 4.90 Å². The summed E-state index contributed by atoms with van der Waals surface area (Å²) in [7, 11) is 1.77. The predicted molar refractivity (Wildman–Crippen MR) is 100 cm³/mol. The van der Waals surface area contributed by atoms with E-state index in [2.05, 4.69) is 5.32 Å². The third-order valence-corrected chi connectivity index (χ3v) is 4.02. The molecule has 0 spiro atoms. The van der Waals surface area contributed by atoms with Crippen LogP contribution in [0.25, 0.3) is 0 Å². The van der Waals surface area contributed by atoms with E-state index in [1.807, 2.05) is 31.2 Å². The van der Waals surface area contributed by atoms with Gasteiger partial charge in [-0.2, -0.15) is 0 Å². The summed E-state index contributed by atoms with van der Waals surface area (Å²) in [5, 5.41) is 2.73. The molecule has 2 aromatic carbocycles. The zero-order valence-electron chi connectivity index (χ0n) is 14.7. The van der Waals surface area contributed by atoms with E-state index >= 15 is 0 Å². The molecule has 26 heavy (non-hydrogen) atoms. The van der Waals surface area contributed by atoms with Crippen molar-refractivity contribution in [1.29, 1.82) is 0 Å². The van der Waals surface area contributed by atoms with Gasteiger partial charge in [-0.25, -0.2) is 0 Å². The number of hydrogen-bond acceptors (Lipinski definition) is 3. The van der Waals surface area contributed by atoms with Gasteiger partial charge in [-0.1, -0.05) is 29.8 Å². The molecule has 1 N–H and O–H groups in total. The molecule has 1 heterocycles. The smallest absolute Gasteiger partial charge is 0.291 e. The second-order valence-corrected chi connectivity index (χ2v) is 6.16. The number of hydrogen-bond donors (Lipinski definition) is 1. The average molecular weight is 348 g/mol. The number of nitrogens with one attached hydrogen (secondary N) is 1. The Morgan fingerprint density at radius 1 is 1.00 bits per heavy atom. The maximum atomic E-state index is 12.6. The SMILES string of the molecule is Cc1ccc(CN(C)C(=O)c2ccc(NC(=O)c3ccco3)cc2)cc1. The Morgan fingerprint density at radius 3 is 2.31 bits per heavy atom. The highest BCUT2D eigenvalue weighted by molar-refractivity contribution is 6.02. The number of benzene rings is 2. The Labute approximate surface area is 152 Å². The molecule has 132 valence electrons. The minimum Gasteiger partial charge on any atom is -0.459 e. The molecule has 0 aliphatic heterocycles. The van der Waals surface area contributed by atoms with Gasteiger partial charge in [-0.05, 0) is 48.9 Å². The van der Waals surface area contributed by atoms with Gasteiger partial charge >= 0.3 is 0 Å². The number of aryl methyl sites for hydroxylation is 1. The molecular weight excluding hydrogens is 328 g/mol. The van der Waals surface area contributed by atoms with Gasteiger partial charge < -0.3 is 14.6 Å². The molecule has 0 unspecified atom stereocenters. The molecule has 1 aromatic heterocycles. The molecule has 0 saturated heterocycles.